The molecule has 0 aliphatic carbocycles. The normalized spacial score (nSPS) is 47.7. The molecule has 4 heteroatoms. The van der Waals surface area contributed by atoms with Crippen molar-refractivity contribution in [1.29, 1.82) is 0 Å². The van der Waals surface area contributed by atoms with Crippen molar-refractivity contribution in [1.82, 2.24) is 0 Å². The van der Waals surface area contributed by atoms with Gasteiger partial charge in [0.05, 0.1) is 6.61 Å². The summed E-state index contributed by atoms with van der Waals surface area (Å²) in [5.74, 6) is -0.614. The van der Waals surface area contributed by atoms with Crippen molar-refractivity contribution in [2.45, 2.75) is 38.1 Å². The molecule has 0 aromatic rings. The van der Waals surface area contributed by atoms with Crippen LogP contribution in [0, 0.1) is 0 Å². The Bertz CT molecular complexity index is 168. The molecule has 0 amide bonds. The Morgan fingerprint density at radius 1 is 1.36 bits per heavy atom. The van der Waals surface area contributed by atoms with Crippen molar-refractivity contribution >= 4 is 0 Å². The van der Waals surface area contributed by atoms with E-state index in [4.69, 9.17) is 14.2 Å². The SMILES string of the molecule is CC1(C)O[C@@H]2OC[C@@H](O)[C@@H]2O1. The van der Waals surface area contributed by atoms with Crippen LogP contribution in [-0.2, 0) is 14.2 Å². The molecule has 4 nitrogen and oxygen atoms in total. The first-order valence-corrected chi connectivity index (χ1v) is 3.74. The Kier molecular flexibility index (Phi) is 1.47. The number of aliphatic hydroxyl groups excluding tert-OH is 1. The molecule has 0 radical (unpaired) electrons. The van der Waals surface area contributed by atoms with Gasteiger partial charge in [0, 0.05) is 0 Å². The summed E-state index contributed by atoms with van der Waals surface area (Å²) in [6.07, 6.45) is -1.22. The topological polar surface area (TPSA) is 47.9 Å². The molecule has 1 N–H and O–H groups in total. The number of rotatable bonds is 0. The summed E-state index contributed by atoms with van der Waals surface area (Å²) in [6, 6.07) is 0. The van der Waals surface area contributed by atoms with E-state index in [1.165, 1.54) is 0 Å². The molecule has 64 valence electrons. The summed E-state index contributed by atoms with van der Waals surface area (Å²) in [7, 11) is 0. The lowest BCUT2D eigenvalue weighted by molar-refractivity contribution is -0.200. The fourth-order valence-electron chi connectivity index (χ4n) is 1.43. The van der Waals surface area contributed by atoms with Gasteiger partial charge in [-0.15, -0.1) is 0 Å². The predicted octanol–water partition coefficient (Wildman–Crippen LogP) is -0.145. The van der Waals surface area contributed by atoms with Crippen molar-refractivity contribution in [2.24, 2.45) is 0 Å². The van der Waals surface area contributed by atoms with Crippen LogP contribution in [0.3, 0.4) is 0 Å². The first-order chi connectivity index (χ1) is 5.08. The van der Waals surface area contributed by atoms with E-state index in [1.807, 2.05) is 0 Å². The highest BCUT2D eigenvalue weighted by Gasteiger charge is 2.49. The lowest BCUT2D eigenvalue weighted by Crippen LogP contribution is -2.29. The predicted molar refractivity (Wildman–Crippen MR) is 35.8 cm³/mol. The highest BCUT2D eigenvalue weighted by atomic mass is 16.8. The van der Waals surface area contributed by atoms with Crippen LogP contribution in [-0.4, -0.2) is 36.0 Å². The molecule has 3 atom stereocenters. The van der Waals surface area contributed by atoms with Crippen LogP contribution in [0.25, 0.3) is 0 Å². The van der Waals surface area contributed by atoms with Crippen molar-refractivity contribution in [3.05, 3.63) is 0 Å². The lowest BCUT2D eigenvalue weighted by Gasteiger charge is -2.18. The second-order valence-corrected chi connectivity index (χ2v) is 3.37. The molecule has 0 aromatic carbocycles. The molecule has 2 heterocycles. The standard InChI is InChI=1S/C7H12O4/c1-7(2)10-5-4(8)3-9-6(5)11-7/h4-6,8H,3H2,1-2H3/t4-,5+,6+/m1/s1. The molecular formula is C7H12O4. The number of fused-ring (bicyclic) bond motifs is 1. The lowest BCUT2D eigenvalue weighted by atomic mass is 10.2. The monoisotopic (exact) mass is 160 g/mol. The second-order valence-electron chi connectivity index (χ2n) is 3.37. The number of ether oxygens (including phenoxy) is 3. The summed E-state index contributed by atoms with van der Waals surface area (Å²) in [4.78, 5) is 0. The van der Waals surface area contributed by atoms with Gasteiger partial charge in [0.2, 0.25) is 0 Å². The van der Waals surface area contributed by atoms with E-state index in [0.29, 0.717) is 6.61 Å². The van der Waals surface area contributed by atoms with Gasteiger partial charge in [-0.1, -0.05) is 0 Å². The number of hydrogen-bond donors (Lipinski definition) is 1. The molecule has 0 unspecified atom stereocenters. The zero-order chi connectivity index (χ0) is 8.06. The zero-order valence-electron chi connectivity index (χ0n) is 6.61. The largest absolute Gasteiger partial charge is 0.388 e. The third-order valence-corrected chi connectivity index (χ3v) is 1.90. The molecule has 2 rings (SSSR count). The van der Waals surface area contributed by atoms with Crippen LogP contribution in [0.2, 0.25) is 0 Å². The summed E-state index contributed by atoms with van der Waals surface area (Å²) in [5, 5.41) is 9.30. The molecule has 11 heavy (non-hydrogen) atoms. The third kappa shape index (κ3) is 1.16. The molecule has 2 fully saturated rings. The van der Waals surface area contributed by atoms with Gasteiger partial charge in [0.1, 0.15) is 12.2 Å². The maximum atomic E-state index is 9.30. The summed E-state index contributed by atoms with van der Waals surface area (Å²) >= 11 is 0. The minimum Gasteiger partial charge on any atom is -0.388 e. The van der Waals surface area contributed by atoms with Gasteiger partial charge in [0.25, 0.3) is 0 Å². The molecule has 2 aliphatic rings. The van der Waals surface area contributed by atoms with E-state index < -0.39 is 11.9 Å². The first kappa shape index (κ1) is 7.49. The Morgan fingerprint density at radius 2 is 2.09 bits per heavy atom. The molecule has 2 aliphatic heterocycles. The van der Waals surface area contributed by atoms with E-state index in [0.717, 1.165) is 0 Å². The summed E-state index contributed by atoms with van der Waals surface area (Å²) in [5.41, 5.74) is 0. The molecule has 0 saturated carbocycles. The Balaban J connectivity index is 2.10. The first-order valence-electron chi connectivity index (χ1n) is 3.74. The highest BCUT2D eigenvalue weighted by molar-refractivity contribution is 4.86. The smallest absolute Gasteiger partial charge is 0.189 e. The van der Waals surface area contributed by atoms with Crippen molar-refractivity contribution in [3.63, 3.8) is 0 Å². The Labute approximate surface area is 65.1 Å². The molecule has 0 spiro atoms. The highest BCUT2D eigenvalue weighted by Crippen LogP contribution is 2.34. The van der Waals surface area contributed by atoms with E-state index in [-0.39, 0.29) is 12.4 Å². The summed E-state index contributed by atoms with van der Waals surface area (Å²) in [6.45, 7) is 3.92. The minimum absolute atomic E-state index is 0.301. The third-order valence-electron chi connectivity index (χ3n) is 1.90. The van der Waals surface area contributed by atoms with Crippen LogP contribution < -0.4 is 0 Å². The molecule has 2 saturated heterocycles. The van der Waals surface area contributed by atoms with Gasteiger partial charge in [-0.05, 0) is 13.8 Å². The number of aliphatic hydroxyl groups is 1. The fourth-order valence-corrected chi connectivity index (χ4v) is 1.43. The van der Waals surface area contributed by atoms with Crippen molar-refractivity contribution in [2.75, 3.05) is 6.61 Å². The van der Waals surface area contributed by atoms with Gasteiger partial charge < -0.3 is 19.3 Å². The van der Waals surface area contributed by atoms with E-state index in [2.05, 4.69) is 0 Å². The molecular weight excluding hydrogens is 148 g/mol. The second kappa shape index (κ2) is 2.17. The average Bonchev–Trinajstić information content (AvgIpc) is 2.31. The van der Waals surface area contributed by atoms with E-state index in [1.54, 1.807) is 13.8 Å². The van der Waals surface area contributed by atoms with E-state index in [9.17, 15) is 5.11 Å². The van der Waals surface area contributed by atoms with Crippen LogP contribution in [0.15, 0.2) is 0 Å². The average molecular weight is 160 g/mol. The van der Waals surface area contributed by atoms with E-state index >= 15 is 0 Å². The van der Waals surface area contributed by atoms with Gasteiger partial charge in [0.15, 0.2) is 12.1 Å². The van der Waals surface area contributed by atoms with Crippen LogP contribution in [0.4, 0.5) is 0 Å². The van der Waals surface area contributed by atoms with Gasteiger partial charge in [-0.2, -0.15) is 0 Å². The Hall–Kier alpha value is -0.160. The Morgan fingerprint density at radius 3 is 2.73 bits per heavy atom. The van der Waals surface area contributed by atoms with Crippen molar-refractivity contribution in [3.8, 4) is 0 Å². The van der Waals surface area contributed by atoms with Crippen molar-refractivity contribution < 1.29 is 19.3 Å². The maximum Gasteiger partial charge on any atom is 0.189 e. The van der Waals surface area contributed by atoms with Crippen LogP contribution in [0.5, 0.6) is 0 Å². The van der Waals surface area contributed by atoms with Crippen LogP contribution >= 0.6 is 0 Å². The van der Waals surface area contributed by atoms with Gasteiger partial charge >= 0.3 is 0 Å². The maximum absolute atomic E-state index is 9.30. The van der Waals surface area contributed by atoms with Crippen LogP contribution in [0.1, 0.15) is 13.8 Å². The quantitative estimate of drug-likeness (QED) is 0.535. The van der Waals surface area contributed by atoms with Gasteiger partial charge in [-0.3, -0.25) is 0 Å². The fraction of sp³-hybridized carbons (Fsp3) is 1.00. The minimum atomic E-state index is -0.614. The van der Waals surface area contributed by atoms with Gasteiger partial charge in [-0.25, -0.2) is 0 Å². The zero-order valence-corrected chi connectivity index (χ0v) is 6.61. The number of hydrogen-bond acceptors (Lipinski definition) is 4. The summed E-state index contributed by atoms with van der Waals surface area (Å²) < 4.78 is 15.9. The molecule has 0 bridgehead atoms. The molecule has 0 aromatic heterocycles.